The molecule has 3 aromatic rings. The van der Waals surface area contributed by atoms with Crippen LogP contribution in [0, 0.1) is 0 Å². The van der Waals surface area contributed by atoms with Gasteiger partial charge in [0.25, 0.3) is 0 Å². The van der Waals surface area contributed by atoms with Gasteiger partial charge in [-0.25, -0.2) is 4.98 Å². The second-order valence-corrected chi connectivity index (χ2v) is 3.90. The first kappa shape index (κ1) is 7.64. The third-order valence-electron chi connectivity index (χ3n) is 2.18. The number of nitrogen functional groups attached to an aromatic ring is 1. The zero-order valence-corrected chi connectivity index (χ0v) is 8.08. The average Bonchev–Trinajstić information content (AvgIpc) is 2.84. The van der Waals surface area contributed by atoms with Gasteiger partial charge in [-0.15, -0.1) is 11.3 Å². The van der Waals surface area contributed by atoms with Crippen LogP contribution < -0.4 is 5.73 Å². The molecule has 14 heavy (non-hydrogen) atoms. The Morgan fingerprint density at radius 2 is 2.43 bits per heavy atom. The highest BCUT2D eigenvalue weighted by atomic mass is 32.1. The molecule has 0 bridgehead atoms. The molecular formula is C9H8N4S. The van der Waals surface area contributed by atoms with Crippen LogP contribution in [0.15, 0.2) is 30.0 Å². The fraction of sp³-hybridized carbons (Fsp3) is 0. The molecule has 5 heteroatoms. The number of rotatable bonds is 1. The lowest BCUT2D eigenvalue weighted by molar-refractivity contribution is 1.20. The van der Waals surface area contributed by atoms with Gasteiger partial charge in [0, 0.05) is 23.3 Å². The number of aromatic nitrogens is 3. The van der Waals surface area contributed by atoms with E-state index in [1.54, 1.807) is 17.5 Å². The van der Waals surface area contributed by atoms with Crippen LogP contribution in [-0.2, 0) is 0 Å². The van der Waals surface area contributed by atoms with Crippen LogP contribution in [0.2, 0.25) is 0 Å². The Morgan fingerprint density at radius 3 is 3.21 bits per heavy atom. The van der Waals surface area contributed by atoms with Gasteiger partial charge in [-0.1, -0.05) is 0 Å². The minimum atomic E-state index is 0.539. The van der Waals surface area contributed by atoms with Gasteiger partial charge < -0.3 is 10.7 Å². The summed E-state index contributed by atoms with van der Waals surface area (Å²) >= 11 is 1.64. The van der Waals surface area contributed by atoms with Gasteiger partial charge in [0.15, 0.2) is 0 Å². The Bertz CT molecular complexity index is 561. The predicted molar refractivity (Wildman–Crippen MR) is 57.3 cm³/mol. The molecule has 4 nitrogen and oxygen atoms in total. The van der Waals surface area contributed by atoms with Crippen LogP contribution in [0.1, 0.15) is 0 Å². The molecule has 0 radical (unpaired) electrons. The molecule has 0 atom stereocenters. The molecule has 0 fully saturated rings. The maximum absolute atomic E-state index is 5.78. The number of H-pyrrole nitrogens is 1. The number of fused-ring (bicyclic) bond motifs is 1. The minimum Gasteiger partial charge on any atom is -0.369 e. The molecule has 3 N–H and O–H groups in total. The quantitative estimate of drug-likeness (QED) is 0.636. The van der Waals surface area contributed by atoms with Crippen LogP contribution in [0.25, 0.3) is 16.1 Å². The molecule has 70 valence electrons. The molecule has 0 aliphatic rings. The second-order valence-electron chi connectivity index (χ2n) is 3.01. The molecular weight excluding hydrogens is 196 g/mol. The molecule has 0 aliphatic heterocycles. The predicted octanol–water partition coefficient (Wildman–Crippen LogP) is 1.97. The molecule has 0 spiro atoms. The molecule has 0 amide bonds. The summed E-state index contributed by atoms with van der Waals surface area (Å²) in [5.41, 5.74) is 7.99. The average molecular weight is 204 g/mol. The van der Waals surface area contributed by atoms with Crippen molar-refractivity contribution in [2.45, 2.75) is 0 Å². The van der Waals surface area contributed by atoms with Crippen molar-refractivity contribution in [3.8, 4) is 11.3 Å². The summed E-state index contributed by atoms with van der Waals surface area (Å²) in [6.07, 6.45) is 5.63. The molecule has 3 heterocycles. The van der Waals surface area contributed by atoms with E-state index in [-0.39, 0.29) is 0 Å². The normalized spacial score (nSPS) is 11.1. The smallest absolute Gasteiger partial charge is 0.206 e. The maximum atomic E-state index is 5.78. The summed E-state index contributed by atoms with van der Waals surface area (Å²) < 4.78 is 1.95. The van der Waals surface area contributed by atoms with Crippen molar-refractivity contribution in [1.82, 2.24) is 14.4 Å². The summed E-state index contributed by atoms with van der Waals surface area (Å²) in [6, 6.07) is 2.01. The standard InChI is InChI=1S/C9H8N4S/c10-9-12-4-8-13(9)7(5-14-8)6-1-2-11-3-6/h1-5,11H,(H2,10,12). The first-order chi connectivity index (χ1) is 6.86. The van der Waals surface area contributed by atoms with Crippen molar-refractivity contribution in [2.24, 2.45) is 0 Å². The van der Waals surface area contributed by atoms with Crippen molar-refractivity contribution in [1.29, 1.82) is 0 Å². The summed E-state index contributed by atoms with van der Waals surface area (Å²) in [5, 5.41) is 2.08. The van der Waals surface area contributed by atoms with E-state index in [4.69, 9.17) is 5.73 Å². The van der Waals surface area contributed by atoms with Crippen LogP contribution in [0.4, 0.5) is 5.95 Å². The number of nitrogens with zero attached hydrogens (tertiary/aromatic N) is 2. The molecule has 0 aliphatic carbocycles. The van der Waals surface area contributed by atoms with Crippen molar-refractivity contribution in [2.75, 3.05) is 5.73 Å². The van der Waals surface area contributed by atoms with Crippen molar-refractivity contribution >= 4 is 22.1 Å². The minimum absolute atomic E-state index is 0.539. The number of aromatic amines is 1. The van der Waals surface area contributed by atoms with Gasteiger partial charge in [-0.3, -0.25) is 4.40 Å². The van der Waals surface area contributed by atoms with E-state index in [2.05, 4.69) is 15.3 Å². The monoisotopic (exact) mass is 204 g/mol. The molecule has 0 saturated heterocycles. The van der Waals surface area contributed by atoms with Crippen molar-refractivity contribution in [3.05, 3.63) is 30.0 Å². The van der Waals surface area contributed by atoms with E-state index >= 15 is 0 Å². The lowest BCUT2D eigenvalue weighted by atomic mass is 10.3. The van der Waals surface area contributed by atoms with Crippen LogP contribution >= 0.6 is 11.3 Å². The topological polar surface area (TPSA) is 59.1 Å². The van der Waals surface area contributed by atoms with Gasteiger partial charge in [-0.05, 0) is 6.07 Å². The summed E-state index contributed by atoms with van der Waals surface area (Å²) in [7, 11) is 0. The van der Waals surface area contributed by atoms with Gasteiger partial charge in [0.05, 0.1) is 11.9 Å². The van der Waals surface area contributed by atoms with E-state index in [0.29, 0.717) is 5.95 Å². The zero-order chi connectivity index (χ0) is 9.54. The third-order valence-corrected chi connectivity index (χ3v) is 3.05. The first-order valence-corrected chi connectivity index (χ1v) is 5.08. The van der Waals surface area contributed by atoms with E-state index in [1.165, 1.54) is 0 Å². The lowest BCUT2D eigenvalue weighted by Crippen LogP contribution is -1.93. The van der Waals surface area contributed by atoms with Crippen molar-refractivity contribution < 1.29 is 0 Å². The lowest BCUT2D eigenvalue weighted by Gasteiger charge is -1.96. The summed E-state index contributed by atoms with van der Waals surface area (Å²) in [4.78, 5) is 8.16. The van der Waals surface area contributed by atoms with Crippen LogP contribution in [-0.4, -0.2) is 14.4 Å². The number of imidazole rings is 1. The molecule has 0 aromatic carbocycles. The fourth-order valence-corrected chi connectivity index (χ4v) is 2.41. The van der Waals surface area contributed by atoms with Crippen LogP contribution in [0.5, 0.6) is 0 Å². The SMILES string of the molecule is Nc1ncc2scc(-c3cc[nH]c3)n12. The molecule has 0 unspecified atom stereocenters. The molecule has 3 rings (SSSR count). The van der Waals surface area contributed by atoms with Gasteiger partial charge in [-0.2, -0.15) is 0 Å². The zero-order valence-electron chi connectivity index (χ0n) is 7.27. The highest BCUT2D eigenvalue weighted by Gasteiger charge is 2.09. The second kappa shape index (κ2) is 2.62. The van der Waals surface area contributed by atoms with Crippen LogP contribution in [0.3, 0.4) is 0 Å². The number of hydrogen-bond donors (Lipinski definition) is 2. The summed E-state index contributed by atoms with van der Waals surface area (Å²) in [6.45, 7) is 0. The largest absolute Gasteiger partial charge is 0.369 e. The highest BCUT2D eigenvalue weighted by Crippen LogP contribution is 2.27. The van der Waals surface area contributed by atoms with Gasteiger partial charge >= 0.3 is 0 Å². The number of hydrogen-bond acceptors (Lipinski definition) is 3. The number of nitrogens with two attached hydrogens (primary N) is 1. The number of thiazole rings is 1. The number of nitrogens with one attached hydrogen (secondary N) is 1. The number of anilines is 1. The first-order valence-electron chi connectivity index (χ1n) is 4.20. The van der Waals surface area contributed by atoms with Gasteiger partial charge in [0.2, 0.25) is 5.95 Å². The molecule has 3 aromatic heterocycles. The van der Waals surface area contributed by atoms with E-state index < -0.39 is 0 Å². The Hall–Kier alpha value is -1.75. The van der Waals surface area contributed by atoms with E-state index in [9.17, 15) is 0 Å². The van der Waals surface area contributed by atoms with Crippen molar-refractivity contribution in [3.63, 3.8) is 0 Å². The van der Waals surface area contributed by atoms with Gasteiger partial charge in [0.1, 0.15) is 4.83 Å². The Morgan fingerprint density at radius 1 is 1.50 bits per heavy atom. The molecule has 0 saturated carbocycles. The summed E-state index contributed by atoms with van der Waals surface area (Å²) in [5.74, 6) is 0.539. The Labute approximate surface area is 84.0 Å². The highest BCUT2D eigenvalue weighted by molar-refractivity contribution is 7.16. The Kier molecular flexibility index (Phi) is 1.43. The van der Waals surface area contributed by atoms with E-state index in [1.807, 2.05) is 22.9 Å². The fourth-order valence-electron chi connectivity index (χ4n) is 1.52. The third kappa shape index (κ3) is 0.898. The van der Waals surface area contributed by atoms with E-state index in [0.717, 1.165) is 16.1 Å². The Balaban J connectivity index is 2.36. The maximum Gasteiger partial charge on any atom is 0.206 e.